The van der Waals surface area contributed by atoms with E-state index in [0.717, 1.165) is 11.0 Å². The van der Waals surface area contributed by atoms with Gasteiger partial charge in [-0.1, -0.05) is 17.7 Å². The maximum atomic E-state index is 12.7. The largest absolute Gasteiger partial charge is 0.456 e. The van der Waals surface area contributed by atoms with Crippen molar-refractivity contribution >= 4 is 17.6 Å². The molecule has 0 radical (unpaired) electrons. The highest BCUT2D eigenvalue weighted by Gasteiger charge is 2.22. The first kappa shape index (κ1) is 12.3. The number of nitrogens with zero attached hydrogens (tertiary/aromatic N) is 2. The zero-order valence-electron chi connectivity index (χ0n) is 10.7. The summed E-state index contributed by atoms with van der Waals surface area (Å²) in [6.45, 7) is -1.89. The molecule has 0 saturated heterocycles. The van der Waals surface area contributed by atoms with E-state index in [-0.39, 0.29) is 17.5 Å². The molecule has 0 saturated carbocycles. The first-order valence-corrected chi connectivity index (χ1v) is 5.81. The third-order valence-electron chi connectivity index (χ3n) is 2.41. The number of hydrogen-bond acceptors (Lipinski definition) is 4. The fourth-order valence-electron chi connectivity index (χ4n) is 1.58. The van der Waals surface area contributed by atoms with Gasteiger partial charge in [0.05, 0.1) is 13.6 Å². The van der Waals surface area contributed by atoms with Crippen LogP contribution in [0, 0.1) is 0 Å². The SMILES string of the molecule is [2H]C(c1ccc(Cl)nc1)N(CC(F)F)C1=CC(=O)OC1. The van der Waals surface area contributed by atoms with E-state index in [1.54, 1.807) is 0 Å². The highest BCUT2D eigenvalue weighted by atomic mass is 35.5. The molecule has 0 bridgehead atoms. The summed E-state index contributed by atoms with van der Waals surface area (Å²) < 4.78 is 38.1. The van der Waals surface area contributed by atoms with Crippen LogP contribution in [0.15, 0.2) is 30.1 Å². The molecule has 1 unspecified atom stereocenters. The second-order valence-electron chi connectivity index (χ2n) is 3.83. The molecule has 7 heteroatoms. The summed E-state index contributed by atoms with van der Waals surface area (Å²) >= 11 is 5.64. The van der Waals surface area contributed by atoms with Crippen molar-refractivity contribution in [1.29, 1.82) is 0 Å². The molecule has 1 atom stereocenters. The average molecular weight is 290 g/mol. The molecule has 19 heavy (non-hydrogen) atoms. The van der Waals surface area contributed by atoms with Gasteiger partial charge >= 0.3 is 5.97 Å². The zero-order valence-corrected chi connectivity index (χ0v) is 10.5. The van der Waals surface area contributed by atoms with Crippen molar-refractivity contribution in [1.82, 2.24) is 9.88 Å². The maximum Gasteiger partial charge on any atom is 0.333 e. The van der Waals surface area contributed by atoms with Crippen LogP contribution in [-0.4, -0.2) is 35.4 Å². The first-order valence-electron chi connectivity index (χ1n) is 6.01. The van der Waals surface area contributed by atoms with E-state index in [1.807, 2.05) is 0 Å². The smallest absolute Gasteiger partial charge is 0.333 e. The first-order chi connectivity index (χ1) is 9.47. The molecule has 1 aliphatic rings. The number of pyridine rings is 1. The van der Waals surface area contributed by atoms with Gasteiger partial charge in [-0.15, -0.1) is 0 Å². The van der Waals surface area contributed by atoms with Crippen molar-refractivity contribution in [2.45, 2.75) is 12.9 Å². The number of esters is 1. The Bertz CT molecular complexity index is 525. The normalized spacial score (nSPS) is 16.9. The molecule has 4 nitrogen and oxygen atoms in total. The minimum absolute atomic E-state index is 0.109. The predicted octanol–water partition coefficient (Wildman–Crippen LogP) is 2.24. The van der Waals surface area contributed by atoms with Crippen molar-refractivity contribution in [2.24, 2.45) is 0 Å². The fraction of sp³-hybridized carbons (Fsp3) is 0.333. The Morgan fingerprint density at radius 2 is 2.37 bits per heavy atom. The van der Waals surface area contributed by atoms with Crippen LogP contribution >= 0.6 is 11.6 Å². The van der Waals surface area contributed by atoms with Gasteiger partial charge in [-0.05, 0) is 11.6 Å². The highest BCUT2D eigenvalue weighted by Crippen LogP contribution is 2.17. The molecular weight excluding hydrogens is 278 g/mol. The third-order valence-corrected chi connectivity index (χ3v) is 2.63. The second-order valence-corrected chi connectivity index (χ2v) is 4.22. The minimum Gasteiger partial charge on any atom is -0.456 e. The van der Waals surface area contributed by atoms with E-state index in [9.17, 15) is 13.6 Å². The number of aromatic nitrogens is 1. The molecule has 2 heterocycles. The predicted molar refractivity (Wildman–Crippen MR) is 64.7 cm³/mol. The zero-order chi connectivity index (χ0) is 14.7. The molecule has 0 amide bonds. The molecule has 0 aliphatic carbocycles. The van der Waals surface area contributed by atoms with Crippen LogP contribution in [0.3, 0.4) is 0 Å². The van der Waals surface area contributed by atoms with Gasteiger partial charge in [0.1, 0.15) is 11.8 Å². The number of carbonyl (C=O) groups excluding carboxylic acids is 1. The summed E-state index contributed by atoms with van der Waals surface area (Å²) in [5, 5.41) is 0.250. The summed E-state index contributed by atoms with van der Waals surface area (Å²) in [4.78, 5) is 16.0. The van der Waals surface area contributed by atoms with Crippen LogP contribution in [0.1, 0.15) is 6.93 Å². The van der Waals surface area contributed by atoms with E-state index < -0.39 is 25.5 Å². The lowest BCUT2D eigenvalue weighted by Crippen LogP contribution is -2.28. The lowest BCUT2D eigenvalue weighted by molar-refractivity contribution is -0.135. The van der Waals surface area contributed by atoms with Gasteiger partial charge < -0.3 is 9.64 Å². The number of ether oxygens (including phenoxy) is 1. The van der Waals surface area contributed by atoms with Gasteiger partial charge in [0.25, 0.3) is 6.43 Å². The van der Waals surface area contributed by atoms with Gasteiger partial charge in [-0.25, -0.2) is 18.6 Å². The Balaban J connectivity index is 2.23. The molecule has 102 valence electrons. The van der Waals surface area contributed by atoms with Gasteiger partial charge in [0, 0.05) is 18.8 Å². The molecule has 1 aromatic rings. The molecule has 1 aromatic heterocycles. The van der Waals surface area contributed by atoms with Crippen LogP contribution in [0.25, 0.3) is 0 Å². The summed E-state index contributed by atoms with van der Waals surface area (Å²) in [7, 11) is 0. The van der Waals surface area contributed by atoms with E-state index in [4.69, 9.17) is 17.7 Å². The number of alkyl halides is 2. The van der Waals surface area contributed by atoms with Gasteiger partial charge in [0.2, 0.25) is 0 Å². The van der Waals surface area contributed by atoms with E-state index in [1.165, 1.54) is 18.3 Å². The number of hydrogen-bond donors (Lipinski definition) is 0. The number of rotatable bonds is 5. The average Bonchev–Trinajstić information content (AvgIpc) is 2.82. The summed E-state index contributed by atoms with van der Waals surface area (Å²) in [5.41, 5.74) is 0.653. The summed E-state index contributed by atoms with van der Waals surface area (Å²) in [6.07, 6.45) is -0.177. The Morgan fingerprint density at radius 1 is 1.58 bits per heavy atom. The summed E-state index contributed by atoms with van der Waals surface area (Å²) in [5.74, 6) is -0.597. The standard InChI is InChI=1S/C12H11ClF2N2O2/c13-10-2-1-8(4-16-10)5-17(6-11(14)15)9-3-12(18)19-7-9/h1-4,11H,5-7H2/i5D. The lowest BCUT2D eigenvalue weighted by atomic mass is 10.2. The van der Waals surface area contributed by atoms with Crippen LogP contribution < -0.4 is 0 Å². The molecule has 0 N–H and O–H groups in total. The Kier molecular flexibility index (Phi) is 3.88. The molecule has 2 rings (SSSR count). The topological polar surface area (TPSA) is 42.4 Å². The summed E-state index contributed by atoms with van der Waals surface area (Å²) in [6, 6.07) is 3.01. The van der Waals surface area contributed by atoms with Gasteiger partial charge in [0.15, 0.2) is 0 Å². The van der Waals surface area contributed by atoms with Crippen molar-refractivity contribution in [2.75, 3.05) is 13.2 Å². The van der Waals surface area contributed by atoms with E-state index in [2.05, 4.69) is 4.98 Å². The number of cyclic esters (lactones) is 1. The molecule has 1 aliphatic heterocycles. The quantitative estimate of drug-likeness (QED) is 0.616. The molecule has 0 spiro atoms. The Morgan fingerprint density at radius 3 is 2.89 bits per heavy atom. The van der Waals surface area contributed by atoms with Crippen molar-refractivity contribution < 1.29 is 19.7 Å². The highest BCUT2D eigenvalue weighted by molar-refractivity contribution is 6.29. The van der Waals surface area contributed by atoms with Crippen LogP contribution in [0.4, 0.5) is 8.78 Å². The Hall–Kier alpha value is -1.69. The Labute approximate surface area is 115 Å². The van der Waals surface area contributed by atoms with E-state index in [0.29, 0.717) is 5.56 Å². The van der Waals surface area contributed by atoms with E-state index >= 15 is 0 Å². The van der Waals surface area contributed by atoms with Crippen LogP contribution in [-0.2, 0) is 16.1 Å². The number of halogens is 3. The third kappa shape index (κ3) is 3.89. The maximum absolute atomic E-state index is 12.7. The molecular formula is C12H11ClF2N2O2. The molecule has 0 fully saturated rings. The van der Waals surface area contributed by atoms with Crippen molar-refractivity contribution in [3.8, 4) is 0 Å². The second kappa shape index (κ2) is 5.97. The minimum atomic E-state index is -2.64. The van der Waals surface area contributed by atoms with Crippen molar-refractivity contribution in [3.63, 3.8) is 0 Å². The van der Waals surface area contributed by atoms with Crippen LogP contribution in [0.5, 0.6) is 0 Å². The van der Waals surface area contributed by atoms with Crippen molar-refractivity contribution in [3.05, 3.63) is 40.8 Å². The molecule has 0 aromatic carbocycles. The fourth-order valence-corrected chi connectivity index (χ4v) is 1.69. The van der Waals surface area contributed by atoms with Gasteiger partial charge in [-0.3, -0.25) is 0 Å². The van der Waals surface area contributed by atoms with Gasteiger partial charge in [-0.2, -0.15) is 0 Å². The van der Waals surface area contributed by atoms with Crippen LogP contribution in [0.2, 0.25) is 5.15 Å². The lowest BCUT2D eigenvalue weighted by Gasteiger charge is -2.24. The monoisotopic (exact) mass is 289 g/mol. The number of carbonyl (C=O) groups is 1.